The maximum atomic E-state index is 10.5. The second-order valence-electron chi connectivity index (χ2n) is 15.4. The molecule has 2 aromatic rings. The molecule has 0 bridgehead atoms. The Kier molecular flexibility index (Phi) is 32.3. The van der Waals surface area contributed by atoms with Gasteiger partial charge in [0.1, 0.15) is 0 Å². The van der Waals surface area contributed by atoms with Crippen molar-refractivity contribution < 1.29 is 19.8 Å². The average molecular weight is 721 g/mol. The highest BCUT2D eigenvalue weighted by atomic mass is 16.4. The van der Waals surface area contributed by atoms with Gasteiger partial charge in [0, 0.05) is 12.8 Å². The van der Waals surface area contributed by atoms with Crippen molar-refractivity contribution in [3.8, 4) is 0 Å². The molecular weight excluding hydrogens is 641 g/mol. The molecule has 2 aromatic carbocycles. The van der Waals surface area contributed by atoms with Crippen molar-refractivity contribution >= 4 is 11.9 Å². The van der Waals surface area contributed by atoms with Crippen LogP contribution in [0.3, 0.4) is 0 Å². The highest BCUT2D eigenvalue weighted by molar-refractivity contribution is 5.66. The molecule has 0 aliphatic heterocycles. The largest absolute Gasteiger partial charge is 0.481 e. The van der Waals surface area contributed by atoms with Gasteiger partial charge in [-0.05, 0) is 61.5 Å². The number of benzene rings is 2. The van der Waals surface area contributed by atoms with E-state index in [1.807, 2.05) is 0 Å². The zero-order valence-electron chi connectivity index (χ0n) is 33.9. The molecule has 296 valence electrons. The third-order valence-corrected chi connectivity index (χ3v) is 10.7. The monoisotopic (exact) mass is 721 g/mol. The van der Waals surface area contributed by atoms with Gasteiger partial charge in [-0.1, -0.05) is 216 Å². The fourth-order valence-electron chi connectivity index (χ4n) is 7.50. The van der Waals surface area contributed by atoms with Gasteiger partial charge in [-0.25, -0.2) is 0 Å². The topological polar surface area (TPSA) is 74.6 Å². The van der Waals surface area contributed by atoms with Crippen molar-refractivity contribution in [3.05, 3.63) is 71.8 Å². The van der Waals surface area contributed by atoms with Crippen LogP contribution in [-0.4, -0.2) is 22.2 Å². The lowest BCUT2D eigenvalue weighted by molar-refractivity contribution is -0.138. The number of carbonyl (C=O) groups is 2. The van der Waals surface area contributed by atoms with Crippen LogP contribution in [0.15, 0.2) is 60.7 Å². The highest BCUT2D eigenvalue weighted by Crippen LogP contribution is 2.30. The average Bonchev–Trinajstić information content (AvgIpc) is 3.15. The first kappa shape index (κ1) is 47.4. The van der Waals surface area contributed by atoms with Crippen molar-refractivity contribution in [2.24, 2.45) is 0 Å². The van der Waals surface area contributed by atoms with Crippen LogP contribution in [0.25, 0.3) is 0 Å². The normalized spacial score (nSPS) is 12.2. The predicted octanol–water partition coefficient (Wildman–Crippen LogP) is 15.5. The quantitative estimate of drug-likeness (QED) is 0.0706. The summed E-state index contributed by atoms with van der Waals surface area (Å²) in [5.74, 6) is 0.0921. The van der Waals surface area contributed by atoms with Crippen molar-refractivity contribution in [1.82, 2.24) is 0 Å². The molecule has 0 spiro atoms. The molecule has 0 saturated carbocycles. The molecule has 2 rings (SSSR count). The van der Waals surface area contributed by atoms with E-state index >= 15 is 0 Å². The minimum absolute atomic E-state index is 0.324. The van der Waals surface area contributed by atoms with Crippen LogP contribution in [0.4, 0.5) is 0 Å². The zero-order valence-corrected chi connectivity index (χ0v) is 33.9. The lowest BCUT2D eigenvalue weighted by atomic mass is 9.88. The van der Waals surface area contributed by atoms with Crippen LogP contribution >= 0.6 is 0 Å². The van der Waals surface area contributed by atoms with E-state index in [0.717, 1.165) is 31.6 Å². The smallest absolute Gasteiger partial charge is 0.303 e. The summed E-state index contributed by atoms with van der Waals surface area (Å²) in [4.78, 5) is 21.0. The van der Waals surface area contributed by atoms with Crippen molar-refractivity contribution in [1.29, 1.82) is 0 Å². The Bertz CT molecular complexity index is 1050. The SMILES string of the molecule is CCCCCCCCC(CCCCCCCCC(=O)O)c1ccccc1.CCCCCCCCCC(CCCCCCCC(=O)O)c1ccccc1. The molecule has 2 N–H and O–H groups in total. The summed E-state index contributed by atoms with van der Waals surface area (Å²) in [5.41, 5.74) is 3.02. The van der Waals surface area contributed by atoms with Crippen LogP contribution in [0, 0.1) is 0 Å². The van der Waals surface area contributed by atoms with Crippen LogP contribution in [-0.2, 0) is 9.59 Å². The van der Waals surface area contributed by atoms with Crippen LogP contribution in [0.5, 0.6) is 0 Å². The van der Waals surface area contributed by atoms with Gasteiger partial charge in [0.25, 0.3) is 0 Å². The molecule has 2 atom stereocenters. The van der Waals surface area contributed by atoms with Gasteiger partial charge in [0.05, 0.1) is 0 Å². The second-order valence-corrected chi connectivity index (χ2v) is 15.4. The Labute approximate surface area is 321 Å². The van der Waals surface area contributed by atoms with Gasteiger partial charge in [0.2, 0.25) is 0 Å². The maximum Gasteiger partial charge on any atom is 0.303 e. The van der Waals surface area contributed by atoms with Crippen LogP contribution in [0.2, 0.25) is 0 Å². The second kappa shape index (κ2) is 35.4. The molecule has 0 fully saturated rings. The molecule has 2 unspecified atom stereocenters. The minimum Gasteiger partial charge on any atom is -0.481 e. The fraction of sp³-hybridized carbons (Fsp3) is 0.708. The molecule has 0 amide bonds. The number of carboxylic acids is 2. The molecule has 0 aliphatic rings. The Morgan fingerprint density at radius 1 is 0.385 bits per heavy atom. The molecule has 4 heteroatoms. The Balaban J connectivity index is 0.000000520. The molecule has 0 saturated heterocycles. The molecule has 0 aliphatic carbocycles. The molecular formula is C48H80O4. The number of hydrogen-bond acceptors (Lipinski definition) is 2. The van der Waals surface area contributed by atoms with E-state index in [9.17, 15) is 9.59 Å². The molecule has 0 radical (unpaired) electrons. The van der Waals surface area contributed by atoms with Gasteiger partial charge in [0.15, 0.2) is 0 Å². The van der Waals surface area contributed by atoms with Crippen molar-refractivity contribution in [2.45, 2.75) is 218 Å². The van der Waals surface area contributed by atoms with E-state index in [1.165, 1.54) is 165 Å². The first-order valence-corrected chi connectivity index (χ1v) is 22.0. The lowest BCUT2D eigenvalue weighted by Crippen LogP contribution is -2.00. The summed E-state index contributed by atoms with van der Waals surface area (Å²) >= 11 is 0. The standard InChI is InChI=1S/2C24H40O2/c1-2-3-4-5-8-12-17-22(23-19-14-11-15-20-23)18-13-9-6-7-10-16-21-24(25)26;1-2-3-4-5-6-8-12-17-22(23-19-14-11-15-20-23)18-13-9-7-10-16-21-24(25)26/h2*11,14-15,19-20,22H,2-10,12-13,16-18,21H2,1H3,(H,25,26). The summed E-state index contributed by atoms with van der Waals surface area (Å²) in [6.07, 6.45) is 36.2. The lowest BCUT2D eigenvalue weighted by Gasteiger charge is -2.17. The fourth-order valence-corrected chi connectivity index (χ4v) is 7.50. The first-order chi connectivity index (χ1) is 25.5. The van der Waals surface area contributed by atoms with Gasteiger partial charge < -0.3 is 10.2 Å². The predicted molar refractivity (Wildman–Crippen MR) is 223 cm³/mol. The molecule has 52 heavy (non-hydrogen) atoms. The highest BCUT2D eigenvalue weighted by Gasteiger charge is 2.12. The van der Waals surface area contributed by atoms with Gasteiger partial charge >= 0.3 is 11.9 Å². The molecule has 0 heterocycles. The number of hydrogen-bond donors (Lipinski definition) is 2. The van der Waals surface area contributed by atoms with E-state index < -0.39 is 11.9 Å². The van der Waals surface area contributed by atoms with Crippen molar-refractivity contribution in [3.63, 3.8) is 0 Å². The first-order valence-electron chi connectivity index (χ1n) is 22.0. The summed E-state index contributed by atoms with van der Waals surface area (Å²) in [6.45, 7) is 4.55. The van der Waals surface area contributed by atoms with Gasteiger partial charge in [-0.3, -0.25) is 9.59 Å². The van der Waals surface area contributed by atoms with Gasteiger partial charge in [-0.2, -0.15) is 0 Å². The maximum absolute atomic E-state index is 10.5. The summed E-state index contributed by atoms with van der Waals surface area (Å²) in [7, 11) is 0. The van der Waals surface area contributed by atoms with E-state index in [1.54, 1.807) is 0 Å². The van der Waals surface area contributed by atoms with Crippen LogP contribution < -0.4 is 0 Å². The molecule has 0 aromatic heterocycles. The number of unbranched alkanes of at least 4 members (excludes halogenated alkanes) is 20. The van der Waals surface area contributed by atoms with E-state index in [2.05, 4.69) is 74.5 Å². The summed E-state index contributed by atoms with van der Waals surface area (Å²) < 4.78 is 0. The Morgan fingerprint density at radius 2 is 0.635 bits per heavy atom. The third-order valence-electron chi connectivity index (χ3n) is 10.7. The van der Waals surface area contributed by atoms with E-state index in [0.29, 0.717) is 18.8 Å². The van der Waals surface area contributed by atoms with Gasteiger partial charge in [-0.15, -0.1) is 0 Å². The number of carboxylic acid groups (broad SMARTS) is 2. The number of rotatable bonds is 34. The zero-order chi connectivity index (χ0) is 37.7. The third kappa shape index (κ3) is 28.9. The van der Waals surface area contributed by atoms with Crippen molar-refractivity contribution in [2.75, 3.05) is 0 Å². The molecule has 4 nitrogen and oxygen atoms in total. The minimum atomic E-state index is -0.663. The Morgan fingerprint density at radius 3 is 0.904 bits per heavy atom. The van der Waals surface area contributed by atoms with E-state index in [4.69, 9.17) is 10.2 Å². The van der Waals surface area contributed by atoms with Crippen LogP contribution in [0.1, 0.15) is 229 Å². The van der Waals surface area contributed by atoms with E-state index in [-0.39, 0.29) is 0 Å². The number of aliphatic carboxylic acids is 2. The summed E-state index contributed by atoms with van der Waals surface area (Å²) in [5, 5.41) is 17.3. The Hall–Kier alpha value is -2.62. The summed E-state index contributed by atoms with van der Waals surface area (Å²) in [6, 6.07) is 22.1.